The summed E-state index contributed by atoms with van der Waals surface area (Å²) < 4.78 is 28.3. The molecule has 0 aliphatic heterocycles. The van der Waals surface area contributed by atoms with E-state index in [1.807, 2.05) is 6.26 Å². The first-order valence-electron chi connectivity index (χ1n) is 5.95. The van der Waals surface area contributed by atoms with Crippen molar-refractivity contribution in [3.8, 4) is 5.75 Å². The van der Waals surface area contributed by atoms with Crippen LogP contribution in [-0.2, 0) is 0 Å². The number of carbonyl (C=O) groups is 1. The fourth-order valence-electron chi connectivity index (χ4n) is 1.64. The fourth-order valence-corrected chi connectivity index (χ4v) is 2.19. The maximum absolute atomic E-state index is 12.1. The Morgan fingerprint density at radius 1 is 1.29 bits per heavy atom. The van der Waals surface area contributed by atoms with Gasteiger partial charge in [0.2, 0.25) is 0 Å². The molecule has 0 aliphatic carbocycles. The summed E-state index contributed by atoms with van der Waals surface area (Å²) in [6.07, 6.45) is 3.44. The molecule has 0 aliphatic rings. The second kappa shape index (κ2) is 7.03. The van der Waals surface area contributed by atoms with Crippen LogP contribution in [0, 0.1) is 0 Å². The SMILES string of the molecule is CSc1ncccc1C(=O)Nc1ccc(OC(F)F)cc1. The van der Waals surface area contributed by atoms with E-state index >= 15 is 0 Å². The maximum atomic E-state index is 12.1. The number of halogens is 2. The van der Waals surface area contributed by atoms with Gasteiger partial charge in [0, 0.05) is 11.9 Å². The number of carbonyl (C=O) groups excluding carboxylic acids is 1. The molecule has 1 amide bonds. The highest BCUT2D eigenvalue weighted by atomic mass is 32.2. The van der Waals surface area contributed by atoms with Gasteiger partial charge in [-0.3, -0.25) is 4.79 Å². The molecular formula is C14H12F2N2O2S. The van der Waals surface area contributed by atoms with E-state index in [0.29, 0.717) is 16.3 Å². The normalized spacial score (nSPS) is 10.5. The standard InChI is InChI=1S/C14H12F2N2O2S/c1-21-13-11(3-2-8-17-13)12(19)18-9-4-6-10(7-5-9)20-14(15)16/h2-8,14H,1H3,(H,18,19). The number of ether oxygens (including phenoxy) is 1. The van der Waals surface area contributed by atoms with Gasteiger partial charge in [-0.15, -0.1) is 11.8 Å². The van der Waals surface area contributed by atoms with Crippen molar-refractivity contribution >= 4 is 23.4 Å². The van der Waals surface area contributed by atoms with Crippen LogP contribution in [0.1, 0.15) is 10.4 Å². The van der Waals surface area contributed by atoms with Crippen molar-refractivity contribution in [1.82, 2.24) is 4.98 Å². The van der Waals surface area contributed by atoms with Crippen LogP contribution in [0.25, 0.3) is 0 Å². The summed E-state index contributed by atoms with van der Waals surface area (Å²) in [6.45, 7) is -2.87. The lowest BCUT2D eigenvalue weighted by molar-refractivity contribution is -0.0498. The number of hydrogen-bond acceptors (Lipinski definition) is 4. The van der Waals surface area contributed by atoms with E-state index in [9.17, 15) is 13.6 Å². The summed E-state index contributed by atoms with van der Waals surface area (Å²) >= 11 is 1.37. The zero-order valence-electron chi connectivity index (χ0n) is 11.0. The van der Waals surface area contributed by atoms with Crippen LogP contribution in [0.4, 0.5) is 14.5 Å². The third-order valence-electron chi connectivity index (χ3n) is 2.55. The van der Waals surface area contributed by atoms with E-state index in [4.69, 9.17) is 0 Å². The minimum atomic E-state index is -2.87. The fraction of sp³-hybridized carbons (Fsp3) is 0.143. The summed E-state index contributed by atoms with van der Waals surface area (Å²) in [5.74, 6) is -0.274. The first-order valence-corrected chi connectivity index (χ1v) is 7.18. The predicted octanol–water partition coefficient (Wildman–Crippen LogP) is 3.66. The zero-order valence-corrected chi connectivity index (χ0v) is 11.9. The van der Waals surface area contributed by atoms with E-state index in [-0.39, 0.29) is 11.7 Å². The van der Waals surface area contributed by atoms with Gasteiger partial charge in [-0.05, 0) is 42.7 Å². The minimum absolute atomic E-state index is 0.0363. The largest absolute Gasteiger partial charge is 0.435 e. The molecular weight excluding hydrogens is 298 g/mol. The molecule has 1 aromatic carbocycles. The average Bonchev–Trinajstić information content (AvgIpc) is 2.48. The molecule has 110 valence electrons. The summed E-state index contributed by atoms with van der Waals surface area (Å²) in [4.78, 5) is 16.2. The van der Waals surface area contributed by atoms with Gasteiger partial charge in [0.25, 0.3) is 5.91 Å². The number of benzene rings is 1. The molecule has 1 aromatic heterocycles. The lowest BCUT2D eigenvalue weighted by atomic mass is 10.2. The molecule has 21 heavy (non-hydrogen) atoms. The van der Waals surface area contributed by atoms with Crippen LogP contribution in [0.2, 0.25) is 0 Å². The van der Waals surface area contributed by atoms with Crippen molar-refractivity contribution in [2.75, 3.05) is 11.6 Å². The molecule has 0 radical (unpaired) electrons. The molecule has 1 heterocycles. The third kappa shape index (κ3) is 4.16. The number of alkyl halides is 2. The Balaban J connectivity index is 2.09. The number of nitrogens with zero attached hydrogens (tertiary/aromatic N) is 1. The minimum Gasteiger partial charge on any atom is -0.435 e. The molecule has 0 unspecified atom stereocenters. The Morgan fingerprint density at radius 2 is 2.00 bits per heavy atom. The number of nitrogens with one attached hydrogen (secondary N) is 1. The van der Waals surface area contributed by atoms with Crippen LogP contribution in [-0.4, -0.2) is 23.8 Å². The van der Waals surface area contributed by atoms with Crippen LogP contribution in [0.3, 0.4) is 0 Å². The van der Waals surface area contributed by atoms with Crippen LogP contribution in [0.15, 0.2) is 47.6 Å². The number of hydrogen-bond donors (Lipinski definition) is 1. The van der Waals surface area contributed by atoms with Crippen molar-refractivity contribution in [2.24, 2.45) is 0 Å². The van der Waals surface area contributed by atoms with Crippen molar-refractivity contribution < 1.29 is 18.3 Å². The molecule has 2 aromatic rings. The average molecular weight is 310 g/mol. The van der Waals surface area contributed by atoms with Crippen molar-refractivity contribution in [3.05, 3.63) is 48.2 Å². The Morgan fingerprint density at radius 3 is 2.62 bits per heavy atom. The number of thioether (sulfide) groups is 1. The van der Waals surface area contributed by atoms with Gasteiger partial charge in [0.15, 0.2) is 0 Å². The summed E-state index contributed by atoms with van der Waals surface area (Å²) in [6, 6.07) is 9.05. The van der Waals surface area contributed by atoms with Crippen molar-refractivity contribution in [3.63, 3.8) is 0 Å². The highest BCUT2D eigenvalue weighted by Gasteiger charge is 2.12. The van der Waals surface area contributed by atoms with Crippen LogP contribution in [0.5, 0.6) is 5.75 Å². The van der Waals surface area contributed by atoms with E-state index in [2.05, 4.69) is 15.0 Å². The van der Waals surface area contributed by atoms with E-state index in [1.165, 1.54) is 36.0 Å². The summed E-state index contributed by atoms with van der Waals surface area (Å²) in [7, 11) is 0. The van der Waals surface area contributed by atoms with E-state index in [0.717, 1.165) is 0 Å². The smallest absolute Gasteiger partial charge is 0.387 e. The molecule has 4 nitrogen and oxygen atoms in total. The van der Waals surface area contributed by atoms with E-state index in [1.54, 1.807) is 18.3 Å². The van der Waals surface area contributed by atoms with Crippen molar-refractivity contribution in [1.29, 1.82) is 0 Å². The zero-order chi connectivity index (χ0) is 15.2. The molecule has 2 rings (SSSR count). The molecule has 0 bridgehead atoms. The molecule has 0 fully saturated rings. The Kier molecular flexibility index (Phi) is 5.10. The quantitative estimate of drug-likeness (QED) is 0.856. The molecule has 0 saturated carbocycles. The van der Waals surface area contributed by atoms with Gasteiger partial charge in [-0.2, -0.15) is 8.78 Å². The van der Waals surface area contributed by atoms with Gasteiger partial charge >= 0.3 is 6.61 Å². The third-order valence-corrected chi connectivity index (χ3v) is 3.26. The number of pyridine rings is 1. The van der Waals surface area contributed by atoms with Gasteiger partial charge in [0.1, 0.15) is 10.8 Å². The molecule has 1 N–H and O–H groups in total. The lowest BCUT2D eigenvalue weighted by Crippen LogP contribution is -2.13. The first-order chi connectivity index (χ1) is 10.1. The van der Waals surface area contributed by atoms with Crippen LogP contribution >= 0.6 is 11.8 Å². The predicted molar refractivity (Wildman–Crippen MR) is 77.0 cm³/mol. The second-order valence-electron chi connectivity index (χ2n) is 3.92. The molecule has 0 spiro atoms. The van der Waals surface area contributed by atoms with E-state index < -0.39 is 6.61 Å². The number of anilines is 1. The monoisotopic (exact) mass is 310 g/mol. The van der Waals surface area contributed by atoms with Gasteiger partial charge in [-0.25, -0.2) is 4.98 Å². The first kappa shape index (κ1) is 15.2. The Hall–Kier alpha value is -2.15. The van der Waals surface area contributed by atoms with Crippen LogP contribution < -0.4 is 10.1 Å². The molecule has 7 heteroatoms. The van der Waals surface area contributed by atoms with Gasteiger partial charge in [0.05, 0.1) is 5.56 Å². The molecule has 0 saturated heterocycles. The summed E-state index contributed by atoms with van der Waals surface area (Å²) in [5.41, 5.74) is 0.940. The second-order valence-corrected chi connectivity index (χ2v) is 4.71. The maximum Gasteiger partial charge on any atom is 0.387 e. The highest BCUT2D eigenvalue weighted by Crippen LogP contribution is 2.21. The highest BCUT2D eigenvalue weighted by molar-refractivity contribution is 7.98. The Labute approximate surface area is 124 Å². The van der Waals surface area contributed by atoms with Gasteiger partial charge < -0.3 is 10.1 Å². The number of aromatic nitrogens is 1. The Bertz CT molecular complexity index is 621. The number of amides is 1. The number of rotatable bonds is 5. The topological polar surface area (TPSA) is 51.2 Å². The van der Waals surface area contributed by atoms with Crippen molar-refractivity contribution in [2.45, 2.75) is 11.6 Å². The van der Waals surface area contributed by atoms with Gasteiger partial charge in [-0.1, -0.05) is 0 Å². The lowest BCUT2D eigenvalue weighted by Gasteiger charge is -2.09. The summed E-state index contributed by atoms with van der Waals surface area (Å²) in [5, 5.41) is 3.30. The molecule has 0 atom stereocenters.